The number of methoxy groups -OCH3 is 1. The van der Waals surface area contributed by atoms with Gasteiger partial charge in [-0.1, -0.05) is 18.2 Å². The van der Waals surface area contributed by atoms with Gasteiger partial charge < -0.3 is 15.0 Å². The van der Waals surface area contributed by atoms with Crippen LogP contribution in [0.1, 0.15) is 29.9 Å². The summed E-state index contributed by atoms with van der Waals surface area (Å²) >= 11 is 1.52. The molecular formula is C22H26N4O3S. The minimum absolute atomic E-state index is 0.00696. The van der Waals surface area contributed by atoms with E-state index in [4.69, 9.17) is 4.74 Å². The number of ether oxygens (including phenoxy) is 1. The van der Waals surface area contributed by atoms with Crippen molar-refractivity contribution in [1.29, 1.82) is 0 Å². The summed E-state index contributed by atoms with van der Waals surface area (Å²) in [6.45, 7) is 5.56. The second-order valence-electron chi connectivity index (χ2n) is 7.76. The Kier molecular flexibility index (Phi) is 5.76. The van der Waals surface area contributed by atoms with Crippen LogP contribution in [-0.2, 0) is 25.9 Å². The van der Waals surface area contributed by atoms with E-state index in [2.05, 4.69) is 10.3 Å². The van der Waals surface area contributed by atoms with Crippen molar-refractivity contribution < 1.29 is 9.53 Å². The Morgan fingerprint density at radius 1 is 1.33 bits per heavy atom. The molecule has 3 heterocycles. The van der Waals surface area contributed by atoms with E-state index < -0.39 is 0 Å². The molecule has 4 rings (SSSR count). The van der Waals surface area contributed by atoms with Gasteiger partial charge >= 0.3 is 6.03 Å². The third-order valence-electron chi connectivity index (χ3n) is 5.34. The predicted molar refractivity (Wildman–Crippen MR) is 118 cm³/mol. The van der Waals surface area contributed by atoms with Crippen LogP contribution < -0.4 is 15.6 Å². The molecule has 1 aliphatic heterocycles. The maximum atomic E-state index is 13.2. The van der Waals surface area contributed by atoms with Gasteiger partial charge in [0.1, 0.15) is 10.6 Å². The number of carbonyl (C=O) groups excluding carboxylic acids is 1. The maximum Gasteiger partial charge on any atom is 0.317 e. The Labute approximate surface area is 179 Å². The molecule has 1 aliphatic rings. The Bertz CT molecular complexity index is 1140. The number of benzene rings is 1. The SMILES string of the molecule is COc1ccccc1CCn1cnc2sc3c(c2c1=O)CCN(C(=O)NC(C)C)C3. The number of para-hydroxylation sites is 1. The van der Waals surface area contributed by atoms with Crippen molar-refractivity contribution in [2.75, 3.05) is 13.7 Å². The fraction of sp³-hybridized carbons (Fsp3) is 0.409. The van der Waals surface area contributed by atoms with Crippen molar-refractivity contribution in [2.45, 2.75) is 45.8 Å². The second-order valence-corrected chi connectivity index (χ2v) is 8.85. The number of rotatable bonds is 5. The molecule has 0 atom stereocenters. The Balaban J connectivity index is 1.58. The molecule has 2 amide bonds. The lowest BCUT2D eigenvalue weighted by Gasteiger charge is -2.28. The number of thiophene rings is 1. The first-order chi connectivity index (χ1) is 14.5. The average molecular weight is 427 g/mol. The summed E-state index contributed by atoms with van der Waals surface area (Å²) in [5.74, 6) is 0.826. The fourth-order valence-corrected chi connectivity index (χ4v) is 5.03. The minimum Gasteiger partial charge on any atom is -0.496 e. The van der Waals surface area contributed by atoms with Gasteiger partial charge in [-0.3, -0.25) is 9.36 Å². The first-order valence-electron chi connectivity index (χ1n) is 10.1. The van der Waals surface area contributed by atoms with Crippen molar-refractivity contribution in [3.05, 3.63) is 57.0 Å². The Morgan fingerprint density at radius 2 is 2.13 bits per heavy atom. The van der Waals surface area contributed by atoms with E-state index in [0.29, 0.717) is 37.9 Å². The molecule has 30 heavy (non-hydrogen) atoms. The van der Waals surface area contributed by atoms with Crippen LogP contribution >= 0.6 is 11.3 Å². The number of hydrogen-bond donors (Lipinski definition) is 1. The van der Waals surface area contributed by atoms with Gasteiger partial charge in [0.05, 0.1) is 25.4 Å². The van der Waals surface area contributed by atoms with Gasteiger partial charge in [-0.05, 0) is 43.9 Å². The molecule has 1 N–H and O–H groups in total. The van der Waals surface area contributed by atoms with E-state index in [-0.39, 0.29) is 17.6 Å². The lowest BCUT2D eigenvalue weighted by Crippen LogP contribution is -2.44. The monoisotopic (exact) mass is 426 g/mol. The van der Waals surface area contributed by atoms with Gasteiger partial charge in [-0.25, -0.2) is 9.78 Å². The third kappa shape index (κ3) is 3.92. The Morgan fingerprint density at radius 3 is 2.90 bits per heavy atom. The topological polar surface area (TPSA) is 76.5 Å². The molecule has 2 aromatic heterocycles. The van der Waals surface area contributed by atoms with Crippen LogP contribution in [0.15, 0.2) is 35.4 Å². The smallest absolute Gasteiger partial charge is 0.317 e. The van der Waals surface area contributed by atoms with Crippen LogP contribution in [0, 0.1) is 0 Å². The molecule has 0 unspecified atom stereocenters. The average Bonchev–Trinajstić information content (AvgIpc) is 3.11. The minimum atomic E-state index is -0.0599. The van der Waals surface area contributed by atoms with Crippen LogP contribution in [0.4, 0.5) is 4.79 Å². The van der Waals surface area contributed by atoms with E-state index in [9.17, 15) is 9.59 Å². The summed E-state index contributed by atoms with van der Waals surface area (Å²) in [6.07, 6.45) is 2.99. The number of fused-ring (bicyclic) bond motifs is 3. The molecule has 3 aromatic rings. The quantitative estimate of drug-likeness (QED) is 0.680. The summed E-state index contributed by atoms with van der Waals surface area (Å²) in [5.41, 5.74) is 2.10. The first-order valence-corrected chi connectivity index (χ1v) is 11.0. The van der Waals surface area contributed by atoms with Gasteiger partial charge in [-0.15, -0.1) is 11.3 Å². The van der Waals surface area contributed by atoms with E-state index >= 15 is 0 Å². The van der Waals surface area contributed by atoms with Crippen LogP contribution in [-0.4, -0.2) is 40.2 Å². The molecule has 7 nitrogen and oxygen atoms in total. The van der Waals surface area contributed by atoms with E-state index in [1.807, 2.05) is 38.1 Å². The largest absolute Gasteiger partial charge is 0.496 e. The summed E-state index contributed by atoms with van der Waals surface area (Å²) in [7, 11) is 1.65. The number of aromatic nitrogens is 2. The molecule has 0 bridgehead atoms. The van der Waals surface area contributed by atoms with E-state index in [1.165, 1.54) is 11.3 Å². The zero-order valence-electron chi connectivity index (χ0n) is 17.5. The van der Waals surface area contributed by atoms with Crippen LogP contribution in [0.3, 0.4) is 0 Å². The zero-order valence-corrected chi connectivity index (χ0v) is 18.3. The summed E-state index contributed by atoms with van der Waals surface area (Å²) in [6, 6.07) is 7.88. The zero-order chi connectivity index (χ0) is 21.3. The molecule has 158 valence electrons. The summed E-state index contributed by atoms with van der Waals surface area (Å²) in [5, 5.41) is 3.65. The van der Waals surface area contributed by atoms with Crippen molar-refractivity contribution in [3.8, 4) is 5.75 Å². The highest BCUT2D eigenvalue weighted by molar-refractivity contribution is 7.18. The standard InChI is InChI=1S/C22H26N4O3S/c1-14(2)24-22(28)25-11-9-16-18(12-25)30-20-19(16)21(27)26(13-23-20)10-8-15-6-4-5-7-17(15)29-3/h4-7,13-14H,8-12H2,1-3H3,(H,24,28). The van der Waals surface area contributed by atoms with Crippen LogP contribution in [0.5, 0.6) is 5.75 Å². The van der Waals surface area contributed by atoms with Gasteiger partial charge in [0.15, 0.2) is 0 Å². The lowest BCUT2D eigenvalue weighted by molar-refractivity contribution is 0.190. The number of amides is 2. The summed E-state index contributed by atoms with van der Waals surface area (Å²) < 4.78 is 7.09. The van der Waals surface area contributed by atoms with Crippen LogP contribution in [0.2, 0.25) is 0 Å². The molecule has 0 spiro atoms. The molecule has 0 radical (unpaired) electrons. The highest BCUT2D eigenvalue weighted by Gasteiger charge is 2.26. The van der Waals surface area contributed by atoms with E-state index in [0.717, 1.165) is 26.6 Å². The molecule has 1 aromatic carbocycles. The van der Waals surface area contributed by atoms with Crippen molar-refractivity contribution in [3.63, 3.8) is 0 Å². The van der Waals surface area contributed by atoms with Crippen LogP contribution in [0.25, 0.3) is 10.2 Å². The number of aryl methyl sites for hydroxylation is 2. The summed E-state index contributed by atoms with van der Waals surface area (Å²) in [4.78, 5) is 33.7. The first kappa shape index (κ1) is 20.4. The highest BCUT2D eigenvalue weighted by atomic mass is 32.1. The second kappa shape index (κ2) is 8.47. The van der Waals surface area contributed by atoms with Gasteiger partial charge in [0, 0.05) is 24.0 Å². The molecule has 0 fully saturated rings. The number of urea groups is 1. The van der Waals surface area contributed by atoms with Crippen molar-refractivity contribution in [1.82, 2.24) is 19.8 Å². The Hall–Kier alpha value is -2.87. The van der Waals surface area contributed by atoms with Crippen molar-refractivity contribution >= 4 is 27.6 Å². The fourth-order valence-electron chi connectivity index (χ4n) is 3.84. The molecule has 0 aliphatic carbocycles. The number of carbonyl (C=O) groups is 1. The number of nitrogens with one attached hydrogen (secondary N) is 1. The number of hydrogen-bond acceptors (Lipinski definition) is 5. The van der Waals surface area contributed by atoms with Gasteiger partial charge in [0.2, 0.25) is 0 Å². The predicted octanol–water partition coefficient (Wildman–Crippen LogP) is 3.19. The normalized spacial score (nSPS) is 13.5. The molecule has 0 saturated carbocycles. The maximum absolute atomic E-state index is 13.2. The molecular weight excluding hydrogens is 400 g/mol. The van der Waals surface area contributed by atoms with E-state index in [1.54, 1.807) is 22.9 Å². The molecule has 8 heteroatoms. The lowest BCUT2D eigenvalue weighted by atomic mass is 10.1. The highest BCUT2D eigenvalue weighted by Crippen LogP contribution is 2.32. The van der Waals surface area contributed by atoms with Gasteiger partial charge in [-0.2, -0.15) is 0 Å². The third-order valence-corrected chi connectivity index (χ3v) is 6.47. The van der Waals surface area contributed by atoms with Gasteiger partial charge in [0.25, 0.3) is 5.56 Å². The van der Waals surface area contributed by atoms with Crippen molar-refractivity contribution in [2.24, 2.45) is 0 Å². The number of nitrogens with zero attached hydrogens (tertiary/aromatic N) is 3. The molecule has 0 saturated heterocycles.